The summed E-state index contributed by atoms with van der Waals surface area (Å²) >= 11 is 0. The summed E-state index contributed by atoms with van der Waals surface area (Å²) in [7, 11) is 0. The van der Waals surface area contributed by atoms with E-state index in [0.29, 0.717) is 0 Å². The summed E-state index contributed by atoms with van der Waals surface area (Å²) in [6, 6.07) is 7.64. The molecule has 1 radical (unpaired) electrons. The lowest BCUT2D eigenvalue weighted by Gasteiger charge is -2.08. The van der Waals surface area contributed by atoms with Crippen molar-refractivity contribution in [3.05, 3.63) is 47.8 Å². The van der Waals surface area contributed by atoms with Gasteiger partial charge in [-0.25, -0.2) is 0 Å². The Labute approximate surface area is 82.9 Å². The largest absolute Gasteiger partial charge is 0.358 e. The molecule has 0 fully saturated rings. The van der Waals surface area contributed by atoms with Gasteiger partial charge < -0.3 is 4.84 Å². The summed E-state index contributed by atoms with van der Waals surface area (Å²) in [6.45, 7) is 4.08. The molecule has 0 aliphatic heterocycles. The molecule has 1 heterocycles. The molecule has 2 aromatic rings. The summed E-state index contributed by atoms with van der Waals surface area (Å²) < 4.78 is 0. The SMILES string of the molecule is Cc1cccc(On2cc[c]n2)c1C. The van der Waals surface area contributed by atoms with Crippen LogP contribution in [-0.4, -0.2) is 9.94 Å². The van der Waals surface area contributed by atoms with E-state index in [2.05, 4.69) is 24.3 Å². The van der Waals surface area contributed by atoms with Gasteiger partial charge in [0.2, 0.25) is 0 Å². The monoisotopic (exact) mass is 187 g/mol. The lowest BCUT2D eigenvalue weighted by molar-refractivity contribution is 0.177. The minimum absolute atomic E-state index is 0.821. The molecule has 0 saturated heterocycles. The summed E-state index contributed by atoms with van der Waals surface area (Å²) in [6.07, 6.45) is 4.38. The van der Waals surface area contributed by atoms with Crippen LogP contribution >= 0.6 is 0 Å². The van der Waals surface area contributed by atoms with Crippen molar-refractivity contribution in [2.75, 3.05) is 0 Å². The van der Waals surface area contributed by atoms with Crippen LogP contribution in [0, 0.1) is 20.0 Å². The molecular weight excluding hydrogens is 176 g/mol. The van der Waals surface area contributed by atoms with Gasteiger partial charge in [-0.2, -0.15) is 0 Å². The number of aryl methyl sites for hydroxylation is 1. The lowest BCUT2D eigenvalue weighted by Crippen LogP contribution is -2.06. The maximum atomic E-state index is 5.50. The first-order chi connectivity index (χ1) is 6.77. The third-order valence-corrected chi connectivity index (χ3v) is 2.18. The minimum atomic E-state index is 0.821. The van der Waals surface area contributed by atoms with E-state index in [-0.39, 0.29) is 0 Å². The number of nitrogens with zero attached hydrogens (tertiary/aromatic N) is 2. The maximum Gasteiger partial charge on any atom is 0.161 e. The van der Waals surface area contributed by atoms with Gasteiger partial charge in [-0.05, 0) is 37.1 Å². The van der Waals surface area contributed by atoms with Crippen molar-refractivity contribution in [3.63, 3.8) is 0 Å². The second-order valence-corrected chi connectivity index (χ2v) is 3.14. The van der Waals surface area contributed by atoms with Crippen molar-refractivity contribution in [2.24, 2.45) is 0 Å². The highest BCUT2D eigenvalue weighted by molar-refractivity contribution is 5.38. The Morgan fingerprint density at radius 3 is 2.93 bits per heavy atom. The van der Waals surface area contributed by atoms with Crippen LogP contribution in [0.25, 0.3) is 0 Å². The third kappa shape index (κ3) is 1.62. The minimum Gasteiger partial charge on any atom is -0.358 e. The van der Waals surface area contributed by atoms with E-state index in [1.165, 1.54) is 10.4 Å². The number of aromatic nitrogens is 2. The fourth-order valence-corrected chi connectivity index (χ4v) is 1.20. The van der Waals surface area contributed by atoms with Crippen LogP contribution in [0.4, 0.5) is 0 Å². The predicted molar refractivity (Wildman–Crippen MR) is 53.0 cm³/mol. The van der Waals surface area contributed by atoms with Gasteiger partial charge in [0.1, 0.15) is 6.20 Å². The summed E-state index contributed by atoms with van der Waals surface area (Å²) in [5.41, 5.74) is 2.33. The Kier molecular flexibility index (Phi) is 2.23. The molecule has 0 spiro atoms. The van der Waals surface area contributed by atoms with Crippen LogP contribution in [0.2, 0.25) is 0 Å². The zero-order valence-corrected chi connectivity index (χ0v) is 8.19. The predicted octanol–water partition coefficient (Wildman–Crippen LogP) is 2.14. The summed E-state index contributed by atoms with van der Waals surface area (Å²) in [5.74, 6) is 0.821. The third-order valence-electron chi connectivity index (χ3n) is 2.18. The number of benzene rings is 1. The zero-order chi connectivity index (χ0) is 9.97. The van der Waals surface area contributed by atoms with Gasteiger partial charge in [-0.15, -0.1) is 5.10 Å². The molecular formula is C11H11N2O. The Morgan fingerprint density at radius 1 is 1.36 bits per heavy atom. The smallest absolute Gasteiger partial charge is 0.161 e. The van der Waals surface area contributed by atoms with Gasteiger partial charge in [0.15, 0.2) is 5.75 Å². The summed E-state index contributed by atoms with van der Waals surface area (Å²) in [4.78, 5) is 6.89. The molecule has 1 aromatic heterocycles. The van der Waals surface area contributed by atoms with Crippen molar-refractivity contribution in [3.8, 4) is 5.75 Å². The van der Waals surface area contributed by atoms with Crippen molar-refractivity contribution in [1.82, 2.24) is 9.94 Å². The standard InChI is InChI=1S/C11H11N2O/c1-9-5-3-6-11(10(9)2)14-13-8-4-7-12-13/h3-6,8H,1-2H3. The average Bonchev–Trinajstić information content (AvgIpc) is 2.66. The molecule has 3 heteroatoms. The van der Waals surface area contributed by atoms with Crippen molar-refractivity contribution < 1.29 is 4.84 Å². The van der Waals surface area contributed by atoms with E-state index in [0.717, 1.165) is 11.3 Å². The number of rotatable bonds is 2. The first kappa shape index (κ1) is 8.81. The second-order valence-electron chi connectivity index (χ2n) is 3.14. The molecule has 0 N–H and O–H groups in total. The van der Waals surface area contributed by atoms with Crippen LogP contribution in [0.5, 0.6) is 5.75 Å². The molecule has 2 rings (SSSR count). The lowest BCUT2D eigenvalue weighted by atomic mass is 10.1. The van der Waals surface area contributed by atoms with Gasteiger partial charge >= 0.3 is 0 Å². The quantitative estimate of drug-likeness (QED) is 0.720. The van der Waals surface area contributed by atoms with Gasteiger partial charge in [0, 0.05) is 0 Å². The van der Waals surface area contributed by atoms with Gasteiger partial charge in [-0.1, -0.05) is 17.0 Å². The number of hydrogen-bond acceptors (Lipinski definition) is 2. The molecule has 3 nitrogen and oxygen atoms in total. The molecule has 0 unspecified atom stereocenters. The Hall–Kier alpha value is -1.77. The Balaban J connectivity index is 2.29. The second kappa shape index (κ2) is 3.54. The van der Waals surface area contributed by atoms with Crippen molar-refractivity contribution in [1.29, 1.82) is 0 Å². The molecule has 71 valence electrons. The highest BCUT2D eigenvalue weighted by atomic mass is 16.7. The van der Waals surface area contributed by atoms with Crippen molar-refractivity contribution >= 4 is 0 Å². The van der Waals surface area contributed by atoms with Crippen molar-refractivity contribution in [2.45, 2.75) is 13.8 Å². The molecule has 0 amide bonds. The van der Waals surface area contributed by atoms with E-state index >= 15 is 0 Å². The Morgan fingerprint density at radius 2 is 2.21 bits per heavy atom. The van der Waals surface area contributed by atoms with Crippen LogP contribution < -0.4 is 4.84 Å². The fourth-order valence-electron chi connectivity index (χ4n) is 1.20. The topological polar surface area (TPSA) is 27.1 Å². The van der Waals surface area contributed by atoms with Crippen LogP contribution in [0.15, 0.2) is 30.5 Å². The van der Waals surface area contributed by atoms with E-state index < -0.39 is 0 Å². The zero-order valence-electron chi connectivity index (χ0n) is 8.19. The Bertz CT molecular complexity index is 421. The molecule has 1 aromatic carbocycles. The highest BCUT2D eigenvalue weighted by Gasteiger charge is 2.02. The van der Waals surface area contributed by atoms with Crippen LogP contribution in [0.1, 0.15) is 11.1 Å². The van der Waals surface area contributed by atoms with E-state index in [1.807, 2.05) is 19.1 Å². The summed E-state index contributed by atoms with van der Waals surface area (Å²) in [5, 5.41) is 3.85. The molecule has 0 bridgehead atoms. The van der Waals surface area contributed by atoms with E-state index in [4.69, 9.17) is 4.84 Å². The van der Waals surface area contributed by atoms with E-state index in [9.17, 15) is 0 Å². The molecule has 0 aliphatic rings. The first-order valence-electron chi connectivity index (χ1n) is 4.43. The van der Waals surface area contributed by atoms with E-state index in [1.54, 1.807) is 12.3 Å². The fraction of sp³-hybridized carbons (Fsp3) is 0.182. The molecule has 0 atom stereocenters. The van der Waals surface area contributed by atoms with Gasteiger partial charge in [-0.3, -0.25) is 0 Å². The van der Waals surface area contributed by atoms with Gasteiger partial charge in [0.25, 0.3) is 0 Å². The van der Waals surface area contributed by atoms with Gasteiger partial charge in [0.05, 0.1) is 6.20 Å². The molecule has 0 aliphatic carbocycles. The molecule has 0 saturated carbocycles. The number of hydrogen-bond donors (Lipinski definition) is 0. The normalized spacial score (nSPS) is 10.1. The van der Waals surface area contributed by atoms with Crippen LogP contribution in [-0.2, 0) is 0 Å². The molecule has 14 heavy (non-hydrogen) atoms. The maximum absolute atomic E-state index is 5.50. The highest BCUT2D eigenvalue weighted by Crippen LogP contribution is 2.20. The first-order valence-corrected chi connectivity index (χ1v) is 4.43. The average molecular weight is 187 g/mol. The van der Waals surface area contributed by atoms with Crippen LogP contribution in [0.3, 0.4) is 0 Å².